The van der Waals surface area contributed by atoms with Crippen LogP contribution in [0.25, 0.3) is 5.82 Å². The zero-order valence-electron chi connectivity index (χ0n) is 24.7. The third-order valence-electron chi connectivity index (χ3n) is 8.14. The minimum atomic E-state index is -4.74. The fourth-order valence-electron chi connectivity index (χ4n) is 5.93. The summed E-state index contributed by atoms with van der Waals surface area (Å²) < 4.78 is 48.6. The van der Waals surface area contributed by atoms with Crippen LogP contribution in [0.3, 0.4) is 0 Å². The first-order valence-corrected chi connectivity index (χ1v) is 15.1. The number of anilines is 4. The van der Waals surface area contributed by atoms with Crippen molar-refractivity contribution in [1.82, 2.24) is 30.0 Å². The van der Waals surface area contributed by atoms with Crippen LogP contribution in [-0.4, -0.2) is 64.0 Å². The van der Waals surface area contributed by atoms with Gasteiger partial charge in [0, 0.05) is 41.8 Å². The Morgan fingerprint density at radius 1 is 0.864 bits per heavy atom. The van der Waals surface area contributed by atoms with Crippen LogP contribution in [0, 0.1) is 0 Å². The molecule has 1 atom stereocenters. The van der Waals surface area contributed by atoms with Gasteiger partial charge in [0.05, 0.1) is 0 Å². The lowest BCUT2D eigenvalue weighted by Gasteiger charge is -2.25. The number of pyridine rings is 1. The second kappa shape index (κ2) is 13.2. The van der Waals surface area contributed by atoms with Gasteiger partial charge in [0.2, 0.25) is 11.8 Å². The molecule has 2 aromatic heterocycles. The van der Waals surface area contributed by atoms with Gasteiger partial charge in [0.15, 0.2) is 5.82 Å². The van der Waals surface area contributed by atoms with Gasteiger partial charge in [-0.05, 0) is 94.1 Å². The molecule has 9 nitrogen and oxygen atoms in total. The molecule has 1 unspecified atom stereocenters. The molecule has 0 amide bonds. The first-order chi connectivity index (χ1) is 21.4. The Morgan fingerprint density at radius 2 is 1.64 bits per heavy atom. The maximum absolute atomic E-state index is 13.9. The molecule has 1 fully saturated rings. The first-order valence-electron chi connectivity index (χ1n) is 15.1. The molecule has 1 aliphatic heterocycles. The number of hydrogen-bond donors (Lipinski definition) is 3. The van der Waals surface area contributed by atoms with Crippen molar-refractivity contribution >= 4 is 23.0 Å². The smallest absolute Gasteiger partial charge is 0.453 e. The van der Waals surface area contributed by atoms with Crippen LogP contribution >= 0.6 is 0 Å². The number of ether oxygens (including phenoxy) is 1. The van der Waals surface area contributed by atoms with Crippen LogP contribution in [0.5, 0.6) is 5.88 Å². The monoisotopic (exact) mass is 606 g/mol. The van der Waals surface area contributed by atoms with Crippen LogP contribution < -0.4 is 20.7 Å². The summed E-state index contributed by atoms with van der Waals surface area (Å²) in [5, 5.41) is 13.2. The van der Waals surface area contributed by atoms with Gasteiger partial charge >= 0.3 is 6.18 Å². The molecule has 3 heterocycles. The number of nitrogens with zero attached hydrogens (tertiary/aromatic N) is 5. The Balaban J connectivity index is 1.31. The predicted octanol–water partition coefficient (Wildman–Crippen LogP) is 6.11. The summed E-state index contributed by atoms with van der Waals surface area (Å²) in [5.74, 6) is -0.988. The van der Waals surface area contributed by atoms with Crippen LogP contribution in [0.1, 0.15) is 42.6 Å². The summed E-state index contributed by atoms with van der Waals surface area (Å²) in [4.78, 5) is 11.0. The van der Waals surface area contributed by atoms with E-state index in [1.807, 2.05) is 42.5 Å². The molecule has 0 spiro atoms. The molecule has 232 valence electrons. The Bertz CT molecular complexity index is 1550. The second-order valence-electron chi connectivity index (χ2n) is 11.2. The largest absolute Gasteiger partial charge is 0.476 e. The van der Waals surface area contributed by atoms with Gasteiger partial charge in [0.25, 0.3) is 5.82 Å². The molecule has 1 saturated heterocycles. The van der Waals surface area contributed by atoms with Crippen molar-refractivity contribution in [3.63, 3.8) is 0 Å². The highest BCUT2D eigenvalue weighted by molar-refractivity contribution is 5.64. The van der Waals surface area contributed by atoms with Crippen molar-refractivity contribution in [1.29, 1.82) is 0 Å². The Morgan fingerprint density at radius 3 is 2.39 bits per heavy atom. The molecule has 6 rings (SSSR count). The third kappa shape index (κ3) is 7.13. The van der Waals surface area contributed by atoms with Crippen molar-refractivity contribution < 1.29 is 17.9 Å². The van der Waals surface area contributed by atoms with E-state index in [4.69, 9.17) is 4.74 Å². The lowest BCUT2D eigenvalue weighted by Crippen LogP contribution is -2.32. The number of aromatic nitrogens is 4. The average molecular weight is 607 g/mol. The second-order valence-corrected chi connectivity index (χ2v) is 11.2. The minimum absolute atomic E-state index is 0.0913. The quantitative estimate of drug-likeness (QED) is 0.147. The topological polar surface area (TPSA) is 92.2 Å². The Labute approximate surface area is 254 Å². The SMILES string of the molecule is CNCCOc1cc(Nc2ccccc2)cc(-n2nc(C(F)(F)F)nc2Nc2ccc3c(c2)CCC(N2CCCC2)CC3)n1. The molecule has 4 aromatic rings. The standard InChI is InChI=1S/C32H37F3N8O/c1-36-15-18-44-29-21-26(37-24-7-3-2-4-8-24)20-28(39-29)43-31(40-30(41-43)32(33,34)35)38-25-12-9-22-10-13-27(14-11-23(22)19-25)42-16-5-6-17-42/h2-4,7-9,12,19-21,27,36H,5-6,10-11,13-18H2,1H3,(H,37,39)(H,38,40,41). The van der Waals surface area contributed by atoms with Gasteiger partial charge in [-0.3, -0.25) is 0 Å². The van der Waals surface area contributed by atoms with Gasteiger partial charge in [-0.2, -0.15) is 27.8 Å². The number of fused-ring (bicyclic) bond motifs is 1. The van der Waals surface area contributed by atoms with Crippen LogP contribution in [0.4, 0.5) is 36.2 Å². The predicted molar refractivity (Wildman–Crippen MR) is 164 cm³/mol. The molecule has 44 heavy (non-hydrogen) atoms. The summed E-state index contributed by atoms with van der Waals surface area (Å²) in [5.41, 5.74) is 4.53. The molecule has 12 heteroatoms. The van der Waals surface area contributed by atoms with Gasteiger partial charge in [-0.25, -0.2) is 0 Å². The molecular weight excluding hydrogens is 569 g/mol. The highest BCUT2D eigenvalue weighted by atomic mass is 19.4. The van der Waals surface area contributed by atoms with Crippen molar-refractivity contribution in [2.75, 3.05) is 43.9 Å². The highest BCUT2D eigenvalue weighted by Crippen LogP contribution is 2.33. The van der Waals surface area contributed by atoms with Crippen LogP contribution in [0.15, 0.2) is 60.7 Å². The van der Waals surface area contributed by atoms with Crippen molar-refractivity contribution in [3.05, 3.63) is 77.6 Å². The number of likely N-dealkylation sites (tertiary alicyclic amines) is 1. The minimum Gasteiger partial charge on any atom is -0.476 e. The van der Waals surface area contributed by atoms with E-state index >= 15 is 0 Å². The van der Waals surface area contributed by atoms with E-state index in [0.29, 0.717) is 30.6 Å². The van der Waals surface area contributed by atoms with Gasteiger partial charge in [-0.15, -0.1) is 5.10 Å². The molecule has 0 radical (unpaired) electrons. The Kier molecular flexibility index (Phi) is 8.99. The van der Waals surface area contributed by atoms with Gasteiger partial charge in [-0.1, -0.05) is 24.3 Å². The fraction of sp³-hybridized carbons (Fsp3) is 0.406. The average Bonchev–Trinajstić information content (AvgIpc) is 3.65. The number of benzene rings is 2. The lowest BCUT2D eigenvalue weighted by atomic mass is 10.0. The van der Waals surface area contributed by atoms with E-state index in [-0.39, 0.29) is 17.6 Å². The maximum Gasteiger partial charge on any atom is 0.453 e. The molecule has 0 bridgehead atoms. The fourth-order valence-corrected chi connectivity index (χ4v) is 5.93. The van der Waals surface area contributed by atoms with E-state index in [1.165, 1.54) is 37.1 Å². The maximum atomic E-state index is 13.9. The molecular formula is C32H37F3N8O. The third-order valence-corrected chi connectivity index (χ3v) is 8.14. The summed E-state index contributed by atoms with van der Waals surface area (Å²) >= 11 is 0. The van der Waals surface area contributed by atoms with Crippen molar-refractivity contribution in [2.24, 2.45) is 0 Å². The summed E-state index contributed by atoms with van der Waals surface area (Å²) in [6.07, 6.45) is 1.91. The number of halogens is 3. The number of hydrogen-bond acceptors (Lipinski definition) is 8. The highest BCUT2D eigenvalue weighted by Gasteiger charge is 2.38. The molecule has 1 aliphatic carbocycles. The summed E-state index contributed by atoms with van der Waals surface area (Å²) in [6, 6.07) is 19.3. The van der Waals surface area contributed by atoms with E-state index in [2.05, 4.69) is 42.0 Å². The normalized spacial score (nSPS) is 17.2. The van der Waals surface area contributed by atoms with Crippen molar-refractivity contribution in [2.45, 2.75) is 50.7 Å². The van der Waals surface area contributed by atoms with Crippen LogP contribution in [-0.2, 0) is 19.0 Å². The number of para-hydroxylation sites is 1. The number of likely N-dealkylation sites (N-methyl/N-ethyl adjacent to an activating group) is 1. The van der Waals surface area contributed by atoms with Gasteiger partial charge in [0.1, 0.15) is 6.61 Å². The first kappa shape index (κ1) is 29.9. The molecule has 2 aromatic carbocycles. The van der Waals surface area contributed by atoms with Crippen LogP contribution in [0.2, 0.25) is 0 Å². The number of nitrogens with one attached hydrogen (secondary N) is 3. The molecule has 3 N–H and O–H groups in total. The van der Waals surface area contributed by atoms with E-state index < -0.39 is 12.0 Å². The number of rotatable bonds is 10. The van der Waals surface area contributed by atoms with E-state index in [1.54, 1.807) is 19.2 Å². The molecule has 0 saturated carbocycles. The summed E-state index contributed by atoms with van der Waals surface area (Å²) in [6.45, 7) is 3.23. The summed E-state index contributed by atoms with van der Waals surface area (Å²) in [7, 11) is 1.80. The number of alkyl halides is 3. The lowest BCUT2D eigenvalue weighted by molar-refractivity contribution is -0.144. The number of aryl methyl sites for hydroxylation is 2. The zero-order valence-corrected chi connectivity index (χ0v) is 24.7. The zero-order chi connectivity index (χ0) is 30.5. The van der Waals surface area contributed by atoms with E-state index in [9.17, 15) is 13.2 Å². The molecule has 2 aliphatic rings. The van der Waals surface area contributed by atoms with Gasteiger partial charge < -0.3 is 25.6 Å². The Hall–Kier alpha value is -4.16. The van der Waals surface area contributed by atoms with E-state index in [0.717, 1.165) is 36.1 Å². The van der Waals surface area contributed by atoms with Crippen molar-refractivity contribution in [3.8, 4) is 11.7 Å².